The van der Waals surface area contributed by atoms with Crippen molar-refractivity contribution in [1.29, 1.82) is 5.41 Å². The van der Waals surface area contributed by atoms with Crippen LogP contribution in [0, 0.1) is 12.3 Å². The molecule has 1 aliphatic rings. The van der Waals surface area contributed by atoms with Crippen molar-refractivity contribution in [3.63, 3.8) is 0 Å². The molecular formula is C32H31ClN4O5. The number of guanidine groups is 1. The number of anilines is 2. The third kappa shape index (κ3) is 5.46. The normalized spacial score (nSPS) is 11.0. The monoisotopic (exact) mass is 586 g/mol. The van der Waals surface area contributed by atoms with Crippen LogP contribution in [0.4, 0.5) is 11.4 Å². The molecule has 1 aliphatic carbocycles. The molecule has 0 saturated carbocycles. The number of nitrogens with one attached hydrogen (secondary N) is 2. The lowest BCUT2D eigenvalue weighted by Crippen LogP contribution is -2.41. The number of nitrogens with two attached hydrogens (primary N) is 1. The minimum Gasteiger partial charge on any atom is -0.493 e. The second-order valence-corrected chi connectivity index (χ2v) is 9.60. The van der Waals surface area contributed by atoms with Gasteiger partial charge in [0.2, 0.25) is 5.75 Å². The summed E-state index contributed by atoms with van der Waals surface area (Å²) in [4.78, 5) is 28.0. The number of carbonyl (C=O) groups is 2. The van der Waals surface area contributed by atoms with Crippen LogP contribution in [0.25, 0.3) is 11.1 Å². The first kappa shape index (κ1) is 30.0. The Labute approximate surface area is 250 Å². The number of nitrogens with zero attached hydrogens (tertiary/aromatic N) is 1. The van der Waals surface area contributed by atoms with Crippen LogP contribution in [-0.2, 0) is 6.42 Å². The molecule has 5 rings (SSSR count). The van der Waals surface area contributed by atoms with E-state index in [0.29, 0.717) is 22.7 Å². The maximum atomic E-state index is 13.6. The molecule has 9 nitrogen and oxygen atoms in total. The number of amides is 2. The Balaban J connectivity index is 0.00000405. The van der Waals surface area contributed by atoms with Crippen LogP contribution < -0.4 is 30.2 Å². The summed E-state index contributed by atoms with van der Waals surface area (Å²) in [5.74, 6) is -0.467. The molecule has 216 valence electrons. The predicted molar refractivity (Wildman–Crippen MR) is 166 cm³/mol. The van der Waals surface area contributed by atoms with Crippen LogP contribution in [0.5, 0.6) is 17.2 Å². The Morgan fingerprint density at radius 3 is 2.14 bits per heavy atom. The minimum absolute atomic E-state index is 0. The van der Waals surface area contributed by atoms with Gasteiger partial charge in [0.05, 0.1) is 27.0 Å². The van der Waals surface area contributed by atoms with Crippen LogP contribution in [0.1, 0.15) is 37.4 Å². The van der Waals surface area contributed by atoms with Gasteiger partial charge < -0.3 is 25.3 Å². The zero-order valence-electron chi connectivity index (χ0n) is 23.6. The molecule has 0 atom stereocenters. The molecule has 0 aliphatic heterocycles. The van der Waals surface area contributed by atoms with E-state index in [1.807, 2.05) is 37.3 Å². The van der Waals surface area contributed by atoms with Gasteiger partial charge in [0, 0.05) is 16.8 Å². The highest BCUT2D eigenvalue weighted by Crippen LogP contribution is 2.39. The summed E-state index contributed by atoms with van der Waals surface area (Å²) in [5, 5.41) is 11.1. The molecule has 0 heterocycles. The standard InChI is InChI=1S/C32H30N4O5.ClH/c1-18-9-11-23(36(32(33)34)31(38)22-15-27(39-2)29(41-4)28(16-22)40-3)17-26(18)35-30(37)20-10-12-25-21(14-20)13-19-7-5-6-8-24(19)25;/h5-12,14-17H,13H2,1-4H3,(H3,33,34)(H,35,37);1H. The molecule has 10 heteroatoms. The maximum Gasteiger partial charge on any atom is 0.265 e. The number of benzene rings is 4. The molecule has 0 aromatic heterocycles. The summed E-state index contributed by atoms with van der Waals surface area (Å²) in [6.07, 6.45) is 0.776. The number of ether oxygens (including phenoxy) is 3. The molecule has 4 aromatic carbocycles. The number of rotatable bonds is 7. The Kier molecular flexibility index (Phi) is 8.73. The second kappa shape index (κ2) is 12.2. The van der Waals surface area contributed by atoms with Crippen molar-refractivity contribution in [3.8, 4) is 28.4 Å². The minimum atomic E-state index is -0.587. The van der Waals surface area contributed by atoms with Crippen molar-refractivity contribution >= 4 is 41.6 Å². The zero-order chi connectivity index (χ0) is 29.3. The molecule has 0 saturated heterocycles. The number of fused-ring (bicyclic) bond motifs is 3. The van der Waals surface area contributed by atoms with Crippen LogP contribution in [0.3, 0.4) is 0 Å². The smallest absolute Gasteiger partial charge is 0.265 e. The summed E-state index contributed by atoms with van der Waals surface area (Å²) in [7, 11) is 4.36. The average molecular weight is 587 g/mol. The van der Waals surface area contributed by atoms with E-state index < -0.39 is 11.9 Å². The van der Waals surface area contributed by atoms with Gasteiger partial charge in [0.1, 0.15) is 0 Å². The van der Waals surface area contributed by atoms with Crippen LogP contribution in [-0.4, -0.2) is 39.1 Å². The number of aryl methyl sites for hydroxylation is 1. The zero-order valence-corrected chi connectivity index (χ0v) is 24.4. The van der Waals surface area contributed by atoms with Crippen LogP contribution >= 0.6 is 12.4 Å². The number of hydrogen-bond donors (Lipinski definition) is 3. The lowest BCUT2D eigenvalue weighted by molar-refractivity contribution is 0.0999. The third-order valence-electron chi connectivity index (χ3n) is 7.14. The van der Waals surface area contributed by atoms with Gasteiger partial charge in [-0.05, 0) is 77.6 Å². The van der Waals surface area contributed by atoms with Crippen molar-refractivity contribution in [1.82, 2.24) is 0 Å². The summed E-state index contributed by atoms with van der Waals surface area (Å²) < 4.78 is 16.1. The third-order valence-corrected chi connectivity index (χ3v) is 7.14. The molecule has 4 aromatic rings. The van der Waals surface area contributed by atoms with Gasteiger partial charge in [-0.2, -0.15) is 0 Å². The fourth-order valence-electron chi connectivity index (χ4n) is 5.06. The average Bonchev–Trinajstić information content (AvgIpc) is 3.35. The number of halogens is 1. The summed E-state index contributed by atoms with van der Waals surface area (Å²) in [6, 6.07) is 21.9. The predicted octanol–water partition coefficient (Wildman–Crippen LogP) is 5.81. The number of hydrogen-bond acceptors (Lipinski definition) is 6. The van der Waals surface area contributed by atoms with E-state index in [9.17, 15) is 9.59 Å². The van der Waals surface area contributed by atoms with Gasteiger partial charge in [-0.3, -0.25) is 15.0 Å². The summed E-state index contributed by atoms with van der Waals surface area (Å²) in [5.41, 5.74) is 12.8. The van der Waals surface area contributed by atoms with Crippen molar-refractivity contribution in [2.75, 3.05) is 31.5 Å². The van der Waals surface area contributed by atoms with Gasteiger partial charge in [0.25, 0.3) is 11.8 Å². The maximum absolute atomic E-state index is 13.6. The van der Waals surface area contributed by atoms with Crippen molar-refractivity contribution in [2.24, 2.45) is 5.73 Å². The molecule has 0 fully saturated rings. The largest absolute Gasteiger partial charge is 0.493 e. The van der Waals surface area contributed by atoms with Gasteiger partial charge in [-0.15, -0.1) is 12.4 Å². The Morgan fingerprint density at radius 1 is 0.833 bits per heavy atom. The quantitative estimate of drug-likeness (QED) is 0.163. The summed E-state index contributed by atoms with van der Waals surface area (Å²) >= 11 is 0. The highest BCUT2D eigenvalue weighted by molar-refractivity contribution is 6.21. The fraction of sp³-hybridized carbons (Fsp3) is 0.156. The number of carbonyl (C=O) groups excluding carboxylic acids is 2. The SMILES string of the molecule is COc1cc(C(=O)N(C(=N)N)c2ccc(C)c(NC(=O)c3ccc4c(c3)Cc3ccccc3-4)c2)cc(OC)c1OC.Cl. The highest BCUT2D eigenvalue weighted by Gasteiger charge is 2.25. The Bertz CT molecular complexity index is 1680. The van der Waals surface area contributed by atoms with E-state index in [1.54, 1.807) is 18.2 Å². The molecule has 4 N–H and O–H groups in total. The van der Waals surface area contributed by atoms with Crippen molar-refractivity contribution in [3.05, 3.63) is 101 Å². The Hall–Kier alpha value is -5.02. The van der Waals surface area contributed by atoms with E-state index >= 15 is 0 Å². The topological polar surface area (TPSA) is 127 Å². The first-order valence-corrected chi connectivity index (χ1v) is 12.9. The first-order valence-electron chi connectivity index (χ1n) is 12.9. The molecule has 2 amide bonds. The molecule has 0 radical (unpaired) electrons. The lowest BCUT2D eigenvalue weighted by Gasteiger charge is -2.23. The van der Waals surface area contributed by atoms with Gasteiger partial charge in [-0.25, -0.2) is 4.90 Å². The molecule has 0 unspecified atom stereocenters. The molecule has 0 spiro atoms. The van der Waals surface area contributed by atoms with Crippen LogP contribution in [0.2, 0.25) is 0 Å². The Morgan fingerprint density at radius 2 is 1.50 bits per heavy atom. The molecule has 42 heavy (non-hydrogen) atoms. The fourth-order valence-corrected chi connectivity index (χ4v) is 5.06. The van der Waals surface area contributed by atoms with Crippen molar-refractivity contribution in [2.45, 2.75) is 13.3 Å². The first-order chi connectivity index (χ1) is 19.7. The van der Waals surface area contributed by atoms with E-state index in [1.165, 1.54) is 44.6 Å². The van der Waals surface area contributed by atoms with Crippen molar-refractivity contribution < 1.29 is 23.8 Å². The summed E-state index contributed by atoms with van der Waals surface area (Å²) in [6.45, 7) is 1.85. The highest BCUT2D eigenvalue weighted by atomic mass is 35.5. The van der Waals surface area contributed by atoms with Gasteiger partial charge >= 0.3 is 0 Å². The second-order valence-electron chi connectivity index (χ2n) is 9.60. The van der Waals surface area contributed by atoms with E-state index in [4.69, 9.17) is 25.4 Å². The lowest BCUT2D eigenvalue weighted by atomic mass is 10.0. The van der Waals surface area contributed by atoms with E-state index in [2.05, 4.69) is 17.4 Å². The molecular weight excluding hydrogens is 556 g/mol. The van der Waals surface area contributed by atoms with Gasteiger partial charge in [-0.1, -0.05) is 36.4 Å². The van der Waals surface area contributed by atoms with E-state index in [-0.39, 0.29) is 35.4 Å². The number of methoxy groups -OCH3 is 3. The van der Waals surface area contributed by atoms with Gasteiger partial charge in [0.15, 0.2) is 17.5 Å². The molecule has 0 bridgehead atoms. The van der Waals surface area contributed by atoms with E-state index in [0.717, 1.165) is 28.0 Å². The van der Waals surface area contributed by atoms with Crippen LogP contribution in [0.15, 0.2) is 72.8 Å².